The van der Waals surface area contributed by atoms with Gasteiger partial charge in [0.25, 0.3) is 0 Å². The van der Waals surface area contributed by atoms with Gasteiger partial charge >= 0.3 is 0 Å². The van der Waals surface area contributed by atoms with E-state index in [9.17, 15) is 9.70 Å². The van der Waals surface area contributed by atoms with Gasteiger partial charge in [0.05, 0.1) is 5.29 Å². The minimum absolute atomic E-state index is 0.0984. The molecular weight excluding hydrogens is 192 g/mol. The van der Waals surface area contributed by atoms with Crippen LogP contribution in [0.5, 0.6) is 0 Å². The number of amides is 1. The van der Waals surface area contributed by atoms with Gasteiger partial charge in [0.1, 0.15) is 0 Å². The highest BCUT2D eigenvalue weighted by atomic mass is 16.3. The van der Waals surface area contributed by atoms with Crippen LogP contribution in [-0.4, -0.2) is 17.5 Å². The number of carbonyl (C=O) groups excluding carboxylic acids is 1. The van der Waals surface area contributed by atoms with Crippen LogP contribution >= 0.6 is 0 Å². The molecule has 1 aliphatic carbocycles. The van der Waals surface area contributed by atoms with Crippen molar-refractivity contribution in [3.63, 3.8) is 0 Å². The predicted molar refractivity (Wildman–Crippen MR) is 59.0 cm³/mol. The molecule has 0 unspecified atom stereocenters. The molecule has 0 saturated heterocycles. The van der Waals surface area contributed by atoms with Crippen LogP contribution in [0.15, 0.2) is 5.29 Å². The molecule has 4 nitrogen and oxygen atoms in total. The lowest BCUT2D eigenvalue weighted by molar-refractivity contribution is -0.132. The zero-order chi connectivity index (χ0) is 11.1. The van der Waals surface area contributed by atoms with Gasteiger partial charge in [-0.1, -0.05) is 26.2 Å². The number of rotatable bonds is 5. The quantitative estimate of drug-likeness (QED) is 0.519. The maximum Gasteiger partial charge on any atom is 0.245 e. The van der Waals surface area contributed by atoms with E-state index in [1.807, 2.05) is 6.92 Å². The fraction of sp³-hybridized carbons (Fsp3) is 0.909. The monoisotopic (exact) mass is 212 g/mol. The summed E-state index contributed by atoms with van der Waals surface area (Å²) in [5, 5.41) is 3.85. The van der Waals surface area contributed by atoms with Gasteiger partial charge in [0.2, 0.25) is 5.91 Å². The molecule has 0 N–H and O–H groups in total. The highest BCUT2D eigenvalue weighted by Crippen LogP contribution is 2.26. The van der Waals surface area contributed by atoms with E-state index in [0.717, 1.165) is 24.3 Å². The van der Waals surface area contributed by atoms with Gasteiger partial charge in [-0.15, -0.1) is 4.91 Å². The summed E-state index contributed by atoms with van der Waals surface area (Å²) in [6.07, 6.45) is 7.28. The topological polar surface area (TPSA) is 49.7 Å². The van der Waals surface area contributed by atoms with Crippen LogP contribution in [0.25, 0.3) is 0 Å². The molecular formula is C11H20N2O2. The molecule has 4 heteroatoms. The molecule has 1 saturated carbocycles. The first-order chi connectivity index (χ1) is 7.27. The molecule has 15 heavy (non-hydrogen) atoms. The highest BCUT2D eigenvalue weighted by molar-refractivity contribution is 5.76. The van der Waals surface area contributed by atoms with E-state index in [4.69, 9.17) is 0 Å². The van der Waals surface area contributed by atoms with Crippen LogP contribution in [-0.2, 0) is 4.79 Å². The van der Waals surface area contributed by atoms with Crippen molar-refractivity contribution in [3.8, 4) is 0 Å². The molecule has 0 aromatic rings. The number of nitroso groups, excluding NO2 is 1. The van der Waals surface area contributed by atoms with Gasteiger partial charge in [-0.05, 0) is 25.2 Å². The van der Waals surface area contributed by atoms with Crippen LogP contribution in [0.1, 0.15) is 51.9 Å². The van der Waals surface area contributed by atoms with Gasteiger partial charge in [-0.25, -0.2) is 0 Å². The Morgan fingerprint density at radius 1 is 1.33 bits per heavy atom. The van der Waals surface area contributed by atoms with Crippen molar-refractivity contribution >= 4 is 5.91 Å². The lowest BCUT2D eigenvalue weighted by Gasteiger charge is -2.22. The Bertz CT molecular complexity index is 213. The Morgan fingerprint density at radius 2 is 2.00 bits per heavy atom. The second-order valence-electron chi connectivity index (χ2n) is 4.31. The third-order valence-corrected chi connectivity index (χ3v) is 3.01. The highest BCUT2D eigenvalue weighted by Gasteiger charge is 2.20. The Balaban J connectivity index is 2.34. The molecule has 0 bridgehead atoms. The predicted octanol–water partition coefficient (Wildman–Crippen LogP) is 2.88. The van der Waals surface area contributed by atoms with E-state index in [1.165, 1.54) is 19.3 Å². The SMILES string of the molecule is CCCN(N=O)C(=O)CC1CCCCC1. The minimum Gasteiger partial charge on any atom is -0.273 e. The van der Waals surface area contributed by atoms with Crippen LogP contribution in [0.2, 0.25) is 0 Å². The lowest BCUT2D eigenvalue weighted by Crippen LogP contribution is -2.28. The molecule has 0 aliphatic heterocycles. The second-order valence-corrected chi connectivity index (χ2v) is 4.31. The summed E-state index contributed by atoms with van der Waals surface area (Å²) in [5.41, 5.74) is 0. The van der Waals surface area contributed by atoms with E-state index in [-0.39, 0.29) is 5.91 Å². The fourth-order valence-corrected chi connectivity index (χ4v) is 2.17. The van der Waals surface area contributed by atoms with Gasteiger partial charge < -0.3 is 0 Å². The first-order valence-corrected chi connectivity index (χ1v) is 5.91. The first kappa shape index (κ1) is 12.1. The Morgan fingerprint density at radius 3 is 2.53 bits per heavy atom. The van der Waals surface area contributed by atoms with Crippen LogP contribution in [0.4, 0.5) is 0 Å². The van der Waals surface area contributed by atoms with Crippen molar-refractivity contribution in [1.29, 1.82) is 0 Å². The minimum atomic E-state index is -0.0984. The average molecular weight is 212 g/mol. The molecule has 0 radical (unpaired) electrons. The Labute approximate surface area is 91.0 Å². The van der Waals surface area contributed by atoms with Crippen molar-refractivity contribution < 1.29 is 4.79 Å². The average Bonchev–Trinajstić information content (AvgIpc) is 2.27. The molecule has 86 valence electrons. The molecule has 1 rings (SSSR count). The van der Waals surface area contributed by atoms with Crippen molar-refractivity contribution in [2.24, 2.45) is 11.2 Å². The van der Waals surface area contributed by atoms with Gasteiger partial charge in [0.15, 0.2) is 0 Å². The smallest absolute Gasteiger partial charge is 0.245 e. The summed E-state index contributed by atoms with van der Waals surface area (Å²) in [6.45, 7) is 2.39. The third-order valence-electron chi connectivity index (χ3n) is 3.01. The summed E-state index contributed by atoms with van der Waals surface area (Å²) in [5.74, 6) is 0.381. The molecule has 0 atom stereocenters. The maximum absolute atomic E-state index is 11.7. The van der Waals surface area contributed by atoms with E-state index >= 15 is 0 Å². The summed E-state index contributed by atoms with van der Waals surface area (Å²) in [6, 6.07) is 0. The summed E-state index contributed by atoms with van der Waals surface area (Å²) in [7, 11) is 0. The van der Waals surface area contributed by atoms with Crippen molar-refractivity contribution in [2.45, 2.75) is 51.9 Å². The third kappa shape index (κ3) is 3.98. The number of nitrogens with zero attached hydrogens (tertiary/aromatic N) is 2. The van der Waals surface area contributed by atoms with Crippen LogP contribution in [0.3, 0.4) is 0 Å². The van der Waals surface area contributed by atoms with Gasteiger partial charge in [0, 0.05) is 13.0 Å². The summed E-state index contributed by atoms with van der Waals surface area (Å²) in [4.78, 5) is 22.1. The number of carbonyl (C=O) groups is 1. The Hall–Kier alpha value is -0.930. The summed E-state index contributed by atoms with van der Waals surface area (Å²) >= 11 is 0. The van der Waals surface area contributed by atoms with Crippen molar-refractivity contribution in [3.05, 3.63) is 4.91 Å². The summed E-state index contributed by atoms with van der Waals surface area (Å²) < 4.78 is 0. The largest absolute Gasteiger partial charge is 0.273 e. The van der Waals surface area contributed by atoms with Crippen LogP contribution < -0.4 is 0 Å². The van der Waals surface area contributed by atoms with Gasteiger partial charge in [-0.2, -0.15) is 5.01 Å². The standard InChI is InChI=1S/C11H20N2O2/c1-2-8-13(12-15)11(14)9-10-6-4-3-5-7-10/h10H,2-9H2,1H3. The van der Waals surface area contributed by atoms with E-state index < -0.39 is 0 Å². The van der Waals surface area contributed by atoms with E-state index in [0.29, 0.717) is 18.9 Å². The Kier molecular flexibility index (Phi) is 5.29. The number of hydrogen-bond acceptors (Lipinski definition) is 3. The fourth-order valence-electron chi connectivity index (χ4n) is 2.17. The molecule has 0 aromatic carbocycles. The molecule has 0 aromatic heterocycles. The molecule has 0 spiro atoms. The molecule has 1 aliphatic rings. The van der Waals surface area contributed by atoms with E-state index in [1.54, 1.807) is 0 Å². The molecule has 0 heterocycles. The van der Waals surface area contributed by atoms with Crippen molar-refractivity contribution in [2.75, 3.05) is 6.54 Å². The first-order valence-electron chi connectivity index (χ1n) is 5.91. The zero-order valence-electron chi connectivity index (χ0n) is 9.45. The molecule has 1 amide bonds. The second kappa shape index (κ2) is 6.53. The van der Waals surface area contributed by atoms with Crippen LogP contribution in [0, 0.1) is 10.8 Å². The van der Waals surface area contributed by atoms with Crippen molar-refractivity contribution in [1.82, 2.24) is 5.01 Å². The normalized spacial score (nSPS) is 17.4. The number of hydrogen-bond donors (Lipinski definition) is 0. The molecule has 1 fully saturated rings. The van der Waals surface area contributed by atoms with E-state index in [2.05, 4.69) is 5.29 Å². The zero-order valence-corrected chi connectivity index (χ0v) is 9.45. The van der Waals surface area contributed by atoms with Gasteiger partial charge in [-0.3, -0.25) is 4.79 Å². The maximum atomic E-state index is 11.7. The lowest BCUT2D eigenvalue weighted by atomic mass is 9.87.